The fourth-order valence-electron chi connectivity index (χ4n) is 11.8. The van der Waals surface area contributed by atoms with Crippen LogP contribution in [0, 0.1) is 23.7 Å². The SMILES string of the molecule is CCC(C)CCCCCCCCCCCCCCCCC(=O)O[C@H](COC(=O)CCCCCCCCCCCCC(C)CC)COP(=O)(O)OCC(O)COP(=O)(O)OC[C@@H](COC(=O)CCCCCCCCCC(C)C)OC(=O)CCCCCCCCCCCCCCC(C)C. The Morgan fingerprint density at radius 3 is 0.732 bits per heavy atom. The van der Waals surface area contributed by atoms with Gasteiger partial charge in [-0.05, 0) is 49.4 Å². The lowest BCUT2D eigenvalue weighted by Crippen LogP contribution is -2.30. The van der Waals surface area contributed by atoms with Crippen molar-refractivity contribution in [1.29, 1.82) is 0 Å². The van der Waals surface area contributed by atoms with Crippen molar-refractivity contribution in [3.05, 3.63) is 0 Å². The molecule has 0 radical (unpaired) electrons. The van der Waals surface area contributed by atoms with Gasteiger partial charge in [-0.2, -0.15) is 0 Å². The molecule has 0 aromatic rings. The summed E-state index contributed by atoms with van der Waals surface area (Å²) >= 11 is 0. The molecule has 3 N–H and O–H groups in total. The van der Waals surface area contributed by atoms with Crippen LogP contribution in [-0.4, -0.2) is 96.7 Å². The van der Waals surface area contributed by atoms with Gasteiger partial charge in [-0.1, -0.05) is 344 Å². The molecule has 0 aliphatic heterocycles. The smallest absolute Gasteiger partial charge is 0.462 e. The molecule has 0 heterocycles. The first-order valence-corrected chi connectivity index (χ1v) is 43.3. The average Bonchev–Trinajstić information content (AvgIpc) is 1.13. The van der Waals surface area contributed by atoms with Gasteiger partial charge in [0.15, 0.2) is 12.2 Å². The monoisotopic (exact) mass is 1420 g/mol. The molecular formula is C78H152O17P2. The summed E-state index contributed by atoms with van der Waals surface area (Å²) in [6.45, 7) is 14.3. The van der Waals surface area contributed by atoms with Crippen LogP contribution in [0.3, 0.4) is 0 Å². The minimum absolute atomic E-state index is 0.106. The summed E-state index contributed by atoms with van der Waals surface area (Å²) < 4.78 is 68.6. The van der Waals surface area contributed by atoms with Crippen molar-refractivity contribution in [3.8, 4) is 0 Å². The maximum Gasteiger partial charge on any atom is 0.472 e. The number of unbranched alkanes of at least 4 members (excludes halogenated alkanes) is 39. The third-order valence-electron chi connectivity index (χ3n) is 18.8. The van der Waals surface area contributed by atoms with E-state index >= 15 is 0 Å². The van der Waals surface area contributed by atoms with Crippen LogP contribution in [0.15, 0.2) is 0 Å². The molecular weight excluding hydrogens is 1270 g/mol. The maximum atomic E-state index is 13.1. The second-order valence-corrected chi connectivity index (χ2v) is 32.4. The highest BCUT2D eigenvalue weighted by Crippen LogP contribution is 2.45. The second kappa shape index (κ2) is 67.2. The Hall–Kier alpha value is -1.94. The highest BCUT2D eigenvalue weighted by molar-refractivity contribution is 7.47. The van der Waals surface area contributed by atoms with E-state index in [2.05, 4.69) is 55.4 Å². The van der Waals surface area contributed by atoms with E-state index in [0.717, 1.165) is 114 Å². The Morgan fingerprint density at radius 2 is 0.495 bits per heavy atom. The molecule has 0 aromatic carbocycles. The Kier molecular flexibility index (Phi) is 65.9. The molecule has 97 heavy (non-hydrogen) atoms. The van der Waals surface area contributed by atoms with Gasteiger partial charge < -0.3 is 33.8 Å². The topological polar surface area (TPSA) is 237 Å². The van der Waals surface area contributed by atoms with Crippen molar-refractivity contribution in [2.24, 2.45) is 23.7 Å². The van der Waals surface area contributed by atoms with Gasteiger partial charge in [-0.25, -0.2) is 9.13 Å². The normalized spacial score (nSPS) is 14.6. The summed E-state index contributed by atoms with van der Waals surface area (Å²) in [6, 6.07) is 0. The van der Waals surface area contributed by atoms with Gasteiger partial charge in [-0.3, -0.25) is 37.3 Å². The van der Waals surface area contributed by atoms with Crippen LogP contribution in [0.25, 0.3) is 0 Å². The van der Waals surface area contributed by atoms with Crippen molar-refractivity contribution in [1.82, 2.24) is 0 Å². The molecule has 0 bridgehead atoms. The van der Waals surface area contributed by atoms with Crippen LogP contribution in [-0.2, 0) is 65.4 Å². The Balaban J connectivity index is 5.26. The fraction of sp³-hybridized carbons (Fsp3) is 0.949. The minimum Gasteiger partial charge on any atom is -0.462 e. The Morgan fingerprint density at radius 1 is 0.289 bits per heavy atom. The number of esters is 4. The highest BCUT2D eigenvalue weighted by atomic mass is 31.2. The molecule has 17 nitrogen and oxygen atoms in total. The Bertz CT molecular complexity index is 1910. The quantitative estimate of drug-likeness (QED) is 0.0222. The van der Waals surface area contributed by atoms with Crippen molar-refractivity contribution in [2.75, 3.05) is 39.6 Å². The van der Waals surface area contributed by atoms with E-state index in [4.69, 9.17) is 37.0 Å². The van der Waals surface area contributed by atoms with Crippen molar-refractivity contribution in [3.63, 3.8) is 0 Å². The zero-order valence-electron chi connectivity index (χ0n) is 63.7. The van der Waals surface area contributed by atoms with Gasteiger partial charge in [0.1, 0.15) is 19.3 Å². The Labute approximate surface area is 594 Å². The van der Waals surface area contributed by atoms with E-state index in [9.17, 15) is 43.2 Å². The molecule has 5 unspecified atom stereocenters. The number of rotatable bonds is 75. The summed E-state index contributed by atoms with van der Waals surface area (Å²) in [7, 11) is -9.92. The number of phosphoric acid groups is 2. The molecule has 0 saturated carbocycles. The number of hydrogen-bond acceptors (Lipinski definition) is 15. The van der Waals surface area contributed by atoms with Gasteiger partial charge in [0.05, 0.1) is 26.4 Å². The van der Waals surface area contributed by atoms with Crippen LogP contribution >= 0.6 is 15.6 Å². The third-order valence-corrected chi connectivity index (χ3v) is 20.7. The average molecular weight is 1420 g/mol. The van der Waals surface area contributed by atoms with Crippen molar-refractivity contribution < 1.29 is 80.2 Å². The van der Waals surface area contributed by atoms with Gasteiger partial charge in [0.2, 0.25) is 0 Å². The van der Waals surface area contributed by atoms with Gasteiger partial charge in [0, 0.05) is 25.7 Å². The number of aliphatic hydroxyl groups excluding tert-OH is 1. The van der Waals surface area contributed by atoms with Crippen LogP contribution in [0.5, 0.6) is 0 Å². The third kappa shape index (κ3) is 69.5. The molecule has 19 heteroatoms. The van der Waals surface area contributed by atoms with Crippen molar-refractivity contribution >= 4 is 39.5 Å². The number of carbonyl (C=O) groups is 4. The summed E-state index contributed by atoms with van der Waals surface area (Å²) in [5.41, 5.74) is 0. The first kappa shape index (κ1) is 95.1. The predicted molar refractivity (Wildman–Crippen MR) is 395 cm³/mol. The largest absolute Gasteiger partial charge is 0.472 e. The van der Waals surface area contributed by atoms with E-state index in [1.807, 2.05) is 0 Å². The molecule has 0 aromatic heterocycles. The van der Waals surface area contributed by atoms with Crippen LogP contribution in [0.2, 0.25) is 0 Å². The lowest BCUT2D eigenvalue weighted by molar-refractivity contribution is -0.161. The summed E-state index contributed by atoms with van der Waals surface area (Å²) in [5, 5.41) is 10.6. The lowest BCUT2D eigenvalue weighted by Gasteiger charge is -2.21. The molecule has 0 aliphatic carbocycles. The van der Waals surface area contributed by atoms with E-state index in [-0.39, 0.29) is 25.7 Å². The molecule has 576 valence electrons. The van der Waals surface area contributed by atoms with E-state index in [0.29, 0.717) is 31.6 Å². The van der Waals surface area contributed by atoms with Gasteiger partial charge >= 0.3 is 39.5 Å². The summed E-state index contributed by atoms with van der Waals surface area (Å²) in [5.74, 6) is 1.02. The van der Waals surface area contributed by atoms with Gasteiger partial charge in [-0.15, -0.1) is 0 Å². The predicted octanol–water partition coefficient (Wildman–Crippen LogP) is 22.8. The highest BCUT2D eigenvalue weighted by Gasteiger charge is 2.30. The first-order valence-electron chi connectivity index (χ1n) is 40.3. The number of aliphatic hydroxyl groups is 1. The fourth-order valence-corrected chi connectivity index (χ4v) is 13.4. The van der Waals surface area contributed by atoms with Gasteiger partial charge in [0.25, 0.3) is 0 Å². The molecule has 0 fully saturated rings. The molecule has 7 atom stereocenters. The van der Waals surface area contributed by atoms with E-state index in [1.165, 1.54) is 193 Å². The standard InChI is InChI=1S/C78H152O17P2/c1-9-70(7)56-48-40-32-24-18-13-11-12-14-19-27-35-44-52-60-77(82)94-73(64-88-75(80)58-50-42-34-26-22-21-25-33-41-49-57-71(8)10-2)66-92-96(84,85)90-62-72(79)63-91-97(86,87)93-67-74(65-89-76(81)59-51-43-37-29-31-39-47-55-69(5)6)95-78(83)61-53-45-36-28-20-16-15-17-23-30-38-46-54-68(3)4/h68-74,79H,9-67H2,1-8H3,(H,84,85)(H,86,87)/t70?,71?,72?,73-,74-/m1/s1. The molecule has 0 saturated heterocycles. The zero-order valence-corrected chi connectivity index (χ0v) is 65.5. The summed E-state index contributed by atoms with van der Waals surface area (Å²) in [6.07, 6.45) is 52.6. The first-order chi connectivity index (χ1) is 46.7. The van der Waals surface area contributed by atoms with Crippen LogP contribution in [0.4, 0.5) is 0 Å². The van der Waals surface area contributed by atoms with E-state index in [1.54, 1.807) is 0 Å². The maximum absolute atomic E-state index is 13.1. The molecule has 0 aliphatic rings. The van der Waals surface area contributed by atoms with Crippen LogP contribution < -0.4 is 0 Å². The lowest BCUT2D eigenvalue weighted by atomic mass is 9.99. The summed E-state index contributed by atoms with van der Waals surface area (Å²) in [4.78, 5) is 72.9. The number of hydrogen-bond donors (Lipinski definition) is 3. The van der Waals surface area contributed by atoms with Crippen molar-refractivity contribution in [2.45, 2.75) is 414 Å². The molecule has 0 amide bonds. The minimum atomic E-state index is -4.96. The molecule has 0 rings (SSSR count). The number of ether oxygens (including phenoxy) is 4. The number of phosphoric ester groups is 2. The number of carbonyl (C=O) groups excluding carboxylic acids is 4. The second-order valence-electron chi connectivity index (χ2n) is 29.5. The van der Waals surface area contributed by atoms with Crippen LogP contribution in [0.1, 0.15) is 396 Å². The van der Waals surface area contributed by atoms with E-state index < -0.39 is 97.5 Å². The molecule has 0 spiro atoms. The zero-order chi connectivity index (χ0) is 71.7.